The summed E-state index contributed by atoms with van der Waals surface area (Å²) in [4.78, 5) is 0. The van der Waals surface area contributed by atoms with E-state index in [0.717, 1.165) is 18.7 Å². The molecule has 0 spiro atoms. The van der Waals surface area contributed by atoms with Crippen LogP contribution < -0.4 is 10.1 Å². The summed E-state index contributed by atoms with van der Waals surface area (Å²) >= 11 is 1.69. The minimum absolute atomic E-state index is 0.100. The van der Waals surface area contributed by atoms with Crippen molar-refractivity contribution in [2.45, 2.75) is 50.6 Å². The van der Waals surface area contributed by atoms with Crippen molar-refractivity contribution < 1.29 is 9.84 Å². The van der Waals surface area contributed by atoms with E-state index in [1.807, 2.05) is 6.26 Å². The van der Waals surface area contributed by atoms with Gasteiger partial charge in [0.25, 0.3) is 0 Å². The van der Waals surface area contributed by atoms with Gasteiger partial charge in [0.1, 0.15) is 11.4 Å². The Balaban J connectivity index is 2.04. The highest BCUT2D eigenvalue weighted by Gasteiger charge is 2.31. The van der Waals surface area contributed by atoms with E-state index in [2.05, 4.69) is 44.3 Å². The Morgan fingerprint density at radius 1 is 1.45 bits per heavy atom. The first-order valence-corrected chi connectivity index (χ1v) is 8.42. The largest absolute Gasteiger partial charge is 0.487 e. The lowest BCUT2D eigenvalue weighted by molar-refractivity contribution is 0.137. The van der Waals surface area contributed by atoms with E-state index < -0.39 is 0 Å². The molecule has 0 fully saturated rings. The average Bonchev–Trinajstić information content (AvgIpc) is 2.72. The fourth-order valence-electron chi connectivity index (χ4n) is 2.66. The third-order valence-corrected chi connectivity index (χ3v) is 4.99. The Labute approximate surface area is 126 Å². The van der Waals surface area contributed by atoms with Crippen molar-refractivity contribution in [1.82, 2.24) is 5.32 Å². The molecule has 0 saturated heterocycles. The number of para-hydroxylation sites is 1. The predicted molar refractivity (Wildman–Crippen MR) is 85.5 cm³/mol. The highest BCUT2D eigenvalue weighted by atomic mass is 32.2. The normalized spacial score (nSPS) is 19.2. The van der Waals surface area contributed by atoms with Gasteiger partial charge in [-0.2, -0.15) is 11.8 Å². The lowest BCUT2D eigenvalue weighted by Gasteiger charge is -2.22. The first kappa shape index (κ1) is 15.7. The van der Waals surface area contributed by atoms with Gasteiger partial charge >= 0.3 is 0 Å². The highest BCUT2D eigenvalue weighted by molar-refractivity contribution is 7.99. The zero-order valence-electron chi connectivity index (χ0n) is 12.8. The van der Waals surface area contributed by atoms with Gasteiger partial charge in [0.05, 0.1) is 6.61 Å². The summed E-state index contributed by atoms with van der Waals surface area (Å²) in [6.07, 6.45) is 3.00. The van der Waals surface area contributed by atoms with E-state index in [9.17, 15) is 5.11 Å². The lowest BCUT2D eigenvalue weighted by Crippen LogP contribution is -2.37. The minimum Gasteiger partial charge on any atom is -0.487 e. The summed E-state index contributed by atoms with van der Waals surface area (Å²) in [5, 5.41) is 13.1. The fourth-order valence-corrected chi connectivity index (χ4v) is 3.31. The van der Waals surface area contributed by atoms with Gasteiger partial charge in [-0.05, 0) is 32.6 Å². The van der Waals surface area contributed by atoms with Gasteiger partial charge in [0, 0.05) is 29.8 Å². The van der Waals surface area contributed by atoms with Crippen LogP contribution in [0.25, 0.3) is 0 Å². The molecule has 1 heterocycles. The van der Waals surface area contributed by atoms with Crippen molar-refractivity contribution in [2.75, 3.05) is 12.9 Å². The van der Waals surface area contributed by atoms with Crippen molar-refractivity contribution in [1.29, 1.82) is 0 Å². The van der Waals surface area contributed by atoms with Crippen LogP contribution in [0.2, 0.25) is 0 Å². The average molecular weight is 295 g/mol. The maximum absolute atomic E-state index is 9.33. The monoisotopic (exact) mass is 295 g/mol. The number of benzene rings is 1. The molecule has 0 saturated carbocycles. The molecular formula is C16H25NO2S. The molecule has 2 atom stereocenters. The number of fused-ring (bicyclic) bond motifs is 1. The standard InChI is InChI=1S/C16H25NO2S/c1-11(14(10-18)20-4)17-9-13-7-5-6-12-8-16(2,3)19-15(12)13/h5-7,11,14,17-18H,8-10H2,1-4H3. The van der Waals surface area contributed by atoms with Crippen molar-refractivity contribution in [2.24, 2.45) is 0 Å². The number of rotatable bonds is 6. The van der Waals surface area contributed by atoms with Gasteiger partial charge in [-0.1, -0.05) is 18.2 Å². The number of aliphatic hydroxyl groups excluding tert-OH is 1. The van der Waals surface area contributed by atoms with Crippen LogP contribution in [0.1, 0.15) is 31.9 Å². The number of hydrogen-bond acceptors (Lipinski definition) is 4. The number of thioether (sulfide) groups is 1. The molecule has 4 heteroatoms. The second-order valence-electron chi connectivity index (χ2n) is 6.07. The van der Waals surface area contributed by atoms with E-state index in [0.29, 0.717) is 0 Å². The lowest BCUT2D eigenvalue weighted by atomic mass is 10.0. The number of hydrogen-bond donors (Lipinski definition) is 2. The molecule has 112 valence electrons. The Morgan fingerprint density at radius 2 is 2.20 bits per heavy atom. The molecule has 0 amide bonds. The van der Waals surface area contributed by atoms with E-state index in [4.69, 9.17) is 4.74 Å². The molecule has 1 aliphatic heterocycles. The van der Waals surface area contributed by atoms with E-state index in [-0.39, 0.29) is 23.5 Å². The van der Waals surface area contributed by atoms with Gasteiger partial charge in [0.15, 0.2) is 0 Å². The Hall–Kier alpha value is -0.710. The summed E-state index contributed by atoms with van der Waals surface area (Å²) in [5.41, 5.74) is 2.40. The molecule has 1 aromatic rings. The Kier molecular flexibility index (Phi) is 4.99. The predicted octanol–water partition coefficient (Wildman–Crippen LogP) is 2.60. The molecule has 2 rings (SSSR count). The van der Waals surface area contributed by atoms with E-state index >= 15 is 0 Å². The van der Waals surface area contributed by atoms with Crippen LogP contribution in [0.4, 0.5) is 0 Å². The van der Waals surface area contributed by atoms with Crippen LogP contribution in [-0.4, -0.2) is 34.9 Å². The van der Waals surface area contributed by atoms with Gasteiger partial charge in [-0.3, -0.25) is 0 Å². The molecule has 2 unspecified atom stereocenters. The quantitative estimate of drug-likeness (QED) is 0.846. The molecule has 20 heavy (non-hydrogen) atoms. The first-order valence-electron chi connectivity index (χ1n) is 7.13. The van der Waals surface area contributed by atoms with Crippen molar-refractivity contribution >= 4 is 11.8 Å². The summed E-state index contributed by atoms with van der Waals surface area (Å²) in [6.45, 7) is 7.35. The van der Waals surface area contributed by atoms with Crippen LogP contribution in [0, 0.1) is 0 Å². The molecule has 0 radical (unpaired) electrons. The molecule has 0 aromatic heterocycles. The second kappa shape index (κ2) is 6.37. The number of ether oxygens (including phenoxy) is 1. The van der Waals surface area contributed by atoms with Crippen molar-refractivity contribution in [3.63, 3.8) is 0 Å². The third kappa shape index (κ3) is 3.48. The Morgan fingerprint density at radius 3 is 2.85 bits per heavy atom. The zero-order valence-corrected chi connectivity index (χ0v) is 13.6. The summed E-state index contributed by atoms with van der Waals surface area (Å²) < 4.78 is 6.08. The van der Waals surface area contributed by atoms with Crippen LogP contribution in [0.3, 0.4) is 0 Å². The molecule has 1 aromatic carbocycles. The molecule has 1 aliphatic rings. The van der Waals surface area contributed by atoms with Crippen LogP contribution >= 0.6 is 11.8 Å². The molecular weight excluding hydrogens is 270 g/mol. The maximum atomic E-state index is 9.33. The van der Waals surface area contributed by atoms with Gasteiger partial charge in [-0.15, -0.1) is 0 Å². The van der Waals surface area contributed by atoms with E-state index in [1.54, 1.807) is 11.8 Å². The minimum atomic E-state index is -0.100. The summed E-state index contributed by atoms with van der Waals surface area (Å²) in [5.74, 6) is 1.04. The SMILES string of the molecule is CSC(CO)C(C)NCc1cccc2c1OC(C)(C)C2. The second-order valence-corrected chi connectivity index (χ2v) is 7.15. The van der Waals surface area contributed by atoms with Gasteiger partial charge in [0.2, 0.25) is 0 Å². The summed E-state index contributed by atoms with van der Waals surface area (Å²) in [6, 6.07) is 6.63. The van der Waals surface area contributed by atoms with Crippen LogP contribution in [0.5, 0.6) is 5.75 Å². The van der Waals surface area contributed by atoms with Gasteiger partial charge in [-0.25, -0.2) is 0 Å². The Bertz CT molecular complexity index is 458. The number of nitrogens with one attached hydrogen (secondary N) is 1. The first-order chi connectivity index (χ1) is 9.46. The molecule has 2 N–H and O–H groups in total. The molecule has 0 aliphatic carbocycles. The third-order valence-electron chi connectivity index (χ3n) is 3.83. The van der Waals surface area contributed by atoms with Crippen LogP contribution in [0.15, 0.2) is 18.2 Å². The smallest absolute Gasteiger partial charge is 0.127 e. The van der Waals surface area contributed by atoms with Crippen LogP contribution in [-0.2, 0) is 13.0 Å². The van der Waals surface area contributed by atoms with Crippen molar-refractivity contribution in [3.8, 4) is 5.75 Å². The molecule has 3 nitrogen and oxygen atoms in total. The number of aliphatic hydroxyl groups is 1. The summed E-state index contributed by atoms with van der Waals surface area (Å²) in [7, 11) is 0. The van der Waals surface area contributed by atoms with Crippen molar-refractivity contribution in [3.05, 3.63) is 29.3 Å². The van der Waals surface area contributed by atoms with E-state index in [1.165, 1.54) is 11.1 Å². The highest BCUT2D eigenvalue weighted by Crippen LogP contribution is 2.37. The molecule has 0 bridgehead atoms. The maximum Gasteiger partial charge on any atom is 0.127 e. The van der Waals surface area contributed by atoms with Gasteiger partial charge < -0.3 is 15.2 Å². The fraction of sp³-hybridized carbons (Fsp3) is 0.625. The zero-order chi connectivity index (χ0) is 14.8. The topological polar surface area (TPSA) is 41.5 Å².